The zero-order chi connectivity index (χ0) is 12.2. The molecule has 0 rings (SSSR count). The first-order valence-electron chi connectivity index (χ1n) is 3.97. The van der Waals surface area contributed by atoms with Crippen LogP contribution in [0, 0.1) is 10.1 Å². The van der Waals surface area contributed by atoms with Crippen molar-refractivity contribution in [1.29, 1.82) is 0 Å². The molecule has 0 radical (unpaired) electrons. The topological polar surface area (TPSA) is 165 Å². The Morgan fingerprint density at radius 3 is 1.80 bits per heavy atom. The summed E-state index contributed by atoms with van der Waals surface area (Å²) in [5, 5.41) is 63.0. The van der Waals surface area contributed by atoms with Crippen molar-refractivity contribution in [3.63, 3.8) is 0 Å². The van der Waals surface area contributed by atoms with Crippen LogP contribution in [-0.4, -0.2) is 72.8 Å². The third-order valence-electron chi connectivity index (χ3n) is 1.80. The minimum absolute atomic E-state index is 0.903. The first kappa shape index (κ1) is 14.2. The van der Waals surface area contributed by atoms with E-state index < -0.39 is 42.2 Å². The Labute approximate surface area is 84.0 Å². The molecule has 0 heterocycles. The molecule has 0 aromatic carbocycles. The Hall–Kier alpha value is -0.840. The summed E-state index contributed by atoms with van der Waals surface area (Å²) in [6.07, 6.45) is -10.7. The highest BCUT2D eigenvalue weighted by Crippen LogP contribution is 2.08. The lowest BCUT2D eigenvalue weighted by atomic mass is 10.0. The molecule has 0 saturated carbocycles. The maximum Gasteiger partial charge on any atom is 0.341 e. The van der Waals surface area contributed by atoms with E-state index in [2.05, 4.69) is 0 Å². The van der Waals surface area contributed by atoms with E-state index in [9.17, 15) is 10.1 Å². The highest BCUT2D eigenvalue weighted by Gasteiger charge is 2.39. The average Bonchev–Trinajstić information content (AvgIpc) is 2.23. The lowest BCUT2D eigenvalue weighted by molar-refractivity contribution is -0.585. The van der Waals surface area contributed by atoms with Crippen molar-refractivity contribution in [3.8, 4) is 0 Å². The second-order valence-corrected chi connectivity index (χ2v) is 2.92. The fourth-order valence-corrected chi connectivity index (χ4v) is 0.839. The van der Waals surface area contributed by atoms with E-state index in [1.807, 2.05) is 0 Å². The van der Waals surface area contributed by atoms with Crippen LogP contribution >= 0.6 is 0 Å². The lowest BCUT2D eigenvalue weighted by Gasteiger charge is -2.25. The minimum atomic E-state index is -2.49. The summed E-state index contributed by atoms with van der Waals surface area (Å²) in [4.78, 5) is 8.73. The molecule has 0 aliphatic carbocycles. The average molecular weight is 227 g/mol. The zero-order valence-electron chi connectivity index (χ0n) is 7.54. The molecule has 15 heavy (non-hydrogen) atoms. The Balaban J connectivity index is 4.42. The molecule has 0 aliphatic rings. The van der Waals surface area contributed by atoms with Gasteiger partial charge in [-0.1, -0.05) is 0 Å². The molecule has 0 spiro atoms. The predicted molar refractivity (Wildman–Crippen MR) is 44.1 cm³/mol. The maximum absolute atomic E-state index is 10.00. The first-order valence-corrected chi connectivity index (χ1v) is 3.97. The number of nitro groups is 1. The van der Waals surface area contributed by atoms with Gasteiger partial charge in [0.05, 0.1) is 11.5 Å². The van der Waals surface area contributed by atoms with E-state index in [4.69, 9.17) is 30.6 Å². The SMILES string of the molecule is O=[N+]([O-])C(O)[C@H](O)[C@@H](O)[C@H](O)[C@H](O)CO. The summed E-state index contributed by atoms with van der Waals surface area (Å²) in [6, 6.07) is 0. The largest absolute Gasteiger partial charge is 0.394 e. The van der Waals surface area contributed by atoms with Crippen molar-refractivity contribution >= 4 is 0 Å². The Kier molecular flexibility index (Phi) is 5.57. The van der Waals surface area contributed by atoms with Gasteiger partial charge in [0.1, 0.15) is 18.3 Å². The van der Waals surface area contributed by atoms with Gasteiger partial charge in [-0.3, -0.25) is 10.1 Å². The van der Waals surface area contributed by atoms with Crippen molar-refractivity contribution in [3.05, 3.63) is 10.1 Å². The van der Waals surface area contributed by atoms with Gasteiger partial charge < -0.3 is 30.6 Å². The molecule has 0 aliphatic heterocycles. The summed E-state index contributed by atoms with van der Waals surface area (Å²) < 4.78 is 0. The molecular weight excluding hydrogens is 214 g/mol. The van der Waals surface area contributed by atoms with Crippen LogP contribution in [0.1, 0.15) is 0 Å². The van der Waals surface area contributed by atoms with Gasteiger partial charge in [0.2, 0.25) is 0 Å². The van der Waals surface area contributed by atoms with Crippen LogP contribution < -0.4 is 0 Å². The quantitative estimate of drug-likeness (QED) is 0.152. The van der Waals surface area contributed by atoms with Crippen LogP contribution in [0.2, 0.25) is 0 Å². The summed E-state index contributed by atoms with van der Waals surface area (Å²) in [5.41, 5.74) is 0. The minimum Gasteiger partial charge on any atom is -0.394 e. The van der Waals surface area contributed by atoms with E-state index in [1.165, 1.54) is 0 Å². The maximum atomic E-state index is 10.00. The summed E-state index contributed by atoms with van der Waals surface area (Å²) in [6.45, 7) is -0.903. The Bertz CT molecular complexity index is 211. The van der Waals surface area contributed by atoms with Crippen LogP contribution in [0.4, 0.5) is 0 Å². The van der Waals surface area contributed by atoms with Gasteiger partial charge in [-0.2, -0.15) is 0 Å². The van der Waals surface area contributed by atoms with E-state index in [1.54, 1.807) is 0 Å². The van der Waals surface area contributed by atoms with Gasteiger partial charge >= 0.3 is 6.23 Å². The van der Waals surface area contributed by atoms with Gasteiger partial charge in [0, 0.05) is 0 Å². The number of nitrogens with zero attached hydrogens (tertiary/aromatic N) is 1. The van der Waals surface area contributed by atoms with Crippen molar-refractivity contribution in [2.45, 2.75) is 30.6 Å². The van der Waals surface area contributed by atoms with Crippen LogP contribution in [0.5, 0.6) is 0 Å². The highest BCUT2D eigenvalue weighted by molar-refractivity contribution is 4.81. The monoisotopic (exact) mass is 227 g/mol. The molecule has 6 N–H and O–H groups in total. The van der Waals surface area contributed by atoms with Crippen molar-refractivity contribution in [2.24, 2.45) is 0 Å². The molecule has 0 amide bonds. The number of aliphatic hydroxyl groups excluding tert-OH is 6. The molecule has 9 nitrogen and oxygen atoms in total. The highest BCUT2D eigenvalue weighted by atomic mass is 16.7. The van der Waals surface area contributed by atoms with Gasteiger partial charge in [-0.15, -0.1) is 0 Å². The Morgan fingerprint density at radius 2 is 1.47 bits per heavy atom. The zero-order valence-corrected chi connectivity index (χ0v) is 7.54. The number of aliphatic hydroxyl groups is 6. The van der Waals surface area contributed by atoms with Gasteiger partial charge in [0.25, 0.3) is 0 Å². The summed E-state index contributed by atoms with van der Waals surface area (Å²) in [7, 11) is 0. The fraction of sp³-hybridized carbons (Fsp3) is 1.00. The molecule has 0 saturated heterocycles. The summed E-state index contributed by atoms with van der Waals surface area (Å²) in [5.74, 6) is 0. The molecule has 0 fully saturated rings. The van der Waals surface area contributed by atoms with Crippen LogP contribution in [-0.2, 0) is 0 Å². The number of hydrogen-bond acceptors (Lipinski definition) is 8. The summed E-state index contributed by atoms with van der Waals surface area (Å²) >= 11 is 0. The van der Waals surface area contributed by atoms with Crippen LogP contribution in [0.15, 0.2) is 0 Å². The van der Waals surface area contributed by atoms with E-state index in [-0.39, 0.29) is 0 Å². The molecule has 9 heteroatoms. The molecule has 0 bridgehead atoms. The Morgan fingerprint density at radius 1 is 1.00 bits per heavy atom. The standard InChI is InChI=1S/C6H13NO8/c8-1-2(9)3(10)4(11)5(12)6(13)7(14)15/h2-6,8-13H,1H2/t2-,3-,4+,5-,6?/m1/s1. The normalized spacial score (nSPS) is 21.5. The third kappa shape index (κ3) is 3.66. The van der Waals surface area contributed by atoms with Gasteiger partial charge in [-0.25, -0.2) is 0 Å². The fourth-order valence-electron chi connectivity index (χ4n) is 0.839. The number of hydrogen-bond donors (Lipinski definition) is 6. The first-order chi connectivity index (χ1) is 6.82. The van der Waals surface area contributed by atoms with Crippen molar-refractivity contribution in [2.75, 3.05) is 6.61 Å². The van der Waals surface area contributed by atoms with Crippen molar-refractivity contribution in [1.82, 2.24) is 0 Å². The second-order valence-electron chi connectivity index (χ2n) is 2.92. The smallest absolute Gasteiger partial charge is 0.341 e. The van der Waals surface area contributed by atoms with E-state index in [0.717, 1.165) is 0 Å². The lowest BCUT2D eigenvalue weighted by Crippen LogP contribution is -2.51. The van der Waals surface area contributed by atoms with Gasteiger partial charge in [0.15, 0.2) is 6.10 Å². The molecular formula is C6H13NO8. The third-order valence-corrected chi connectivity index (χ3v) is 1.80. The van der Waals surface area contributed by atoms with Crippen LogP contribution in [0.25, 0.3) is 0 Å². The van der Waals surface area contributed by atoms with E-state index >= 15 is 0 Å². The van der Waals surface area contributed by atoms with Crippen molar-refractivity contribution < 1.29 is 35.6 Å². The van der Waals surface area contributed by atoms with Crippen LogP contribution in [0.3, 0.4) is 0 Å². The predicted octanol–water partition coefficient (Wildman–Crippen LogP) is -3.98. The number of rotatable bonds is 6. The second kappa shape index (κ2) is 5.90. The molecule has 90 valence electrons. The van der Waals surface area contributed by atoms with Gasteiger partial charge in [-0.05, 0) is 0 Å². The molecule has 0 aromatic rings. The molecule has 5 atom stereocenters. The molecule has 0 aromatic heterocycles. The molecule has 1 unspecified atom stereocenters. The van der Waals surface area contributed by atoms with E-state index in [0.29, 0.717) is 0 Å².